The van der Waals surface area contributed by atoms with Crippen LogP contribution in [-0.2, 0) is 0 Å². The number of halogens is 1. The molecule has 1 atom stereocenters. The number of hydrogen-bond acceptors (Lipinski definition) is 4. The number of thiazole rings is 1. The van der Waals surface area contributed by atoms with Gasteiger partial charge in [-0.05, 0) is 42.7 Å². The van der Waals surface area contributed by atoms with Gasteiger partial charge in [0, 0.05) is 24.6 Å². The third kappa shape index (κ3) is 2.87. The molecule has 1 aromatic heterocycles. The molecule has 1 amide bonds. The summed E-state index contributed by atoms with van der Waals surface area (Å²) in [5, 5.41) is 0.503. The van der Waals surface area contributed by atoms with Gasteiger partial charge in [0.25, 0.3) is 5.91 Å². The molecule has 25 heavy (non-hydrogen) atoms. The van der Waals surface area contributed by atoms with Crippen LogP contribution < -0.4 is 5.73 Å². The Morgan fingerprint density at radius 1 is 1.36 bits per heavy atom. The maximum atomic E-state index is 14.0. The molecule has 2 heterocycles. The number of aromatic nitrogens is 1. The Balaban J connectivity index is 1.59. The summed E-state index contributed by atoms with van der Waals surface area (Å²) in [5.41, 5.74) is 8.91. The second-order valence-corrected chi connectivity index (χ2v) is 7.51. The number of carbonyl (C=O) groups excluding carboxylic acids is 1. The third-order valence-corrected chi connectivity index (χ3v) is 5.60. The molecule has 4 rings (SSSR count). The molecule has 0 bridgehead atoms. The smallest absolute Gasteiger partial charge is 0.253 e. The molecule has 0 radical (unpaired) electrons. The number of benzene rings is 2. The van der Waals surface area contributed by atoms with Gasteiger partial charge in [-0.15, -0.1) is 0 Å². The van der Waals surface area contributed by atoms with Gasteiger partial charge in [-0.1, -0.05) is 29.5 Å². The summed E-state index contributed by atoms with van der Waals surface area (Å²) in [4.78, 5) is 19.0. The average molecular weight is 355 g/mol. The molecule has 1 aliphatic heterocycles. The highest BCUT2D eigenvalue weighted by molar-refractivity contribution is 7.22. The second kappa shape index (κ2) is 6.11. The average Bonchev–Trinajstić information content (AvgIpc) is 3.21. The number of carbonyl (C=O) groups is 1. The van der Waals surface area contributed by atoms with Crippen molar-refractivity contribution >= 4 is 32.6 Å². The molecule has 128 valence electrons. The van der Waals surface area contributed by atoms with Gasteiger partial charge in [0.2, 0.25) is 0 Å². The van der Waals surface area contributed by atoms with Gasteiger partial charge in [0.05, 0.1) is 10.2 Å². The maximum absolute atomic E-state index is 14.0. The Morgan fingerprint density at radius 2 is 2.16 bits per heavy atom. The zero-order chi connectivity index (χ0) is 17.6. The zero-order valence-corrected chi connectivity index (χ0v) is 14.6. The van der Waals surface area contributed by atoms with E-state index in [2.05, 4.69) is 4.98 Å². The fraction of sp³-hybridized carbons (Fsp3) is 0.263. The fourth-order valence-corrected chi connectivity index (χ4v) is 4.38. The van der Waals surface area contributed by atoms with Crippen molar-refractivity contribution in [2.24, 2.45) is 0 Å². The molecule has 4 nitrogen and oxygen atoms in total. The molecular formula is C19H18FN3OS. The minimum absolute atomic E-state index is 0.0178. The molecule has 0 spiro atoms. The van der Waals surface area contributed by atoms with Crippen molar-refractivity contribution < 1.29 is 9.18 Å². The van der Waals surface area contributed by atoms with Crippen LogP contribution in [0.1, 0.15) is 33.8 Å². The molecule has 2 N–H and O–H groups in total. The lowest BCUT2D eigenvalue weighted by atomic mass is 9.98. The third-order valence-electron chi connectivity index (χ3n) is 4.77. The van der Waals surface area contributed by atoms with Crippen LogP contribution in [0.15, 0.2) is 36.4 Å². The van der Waals surface area contributed by atoms with Crippen molar-refractivity contribution in [3.05, 3.63) is 58.9 Å². The van der Waals surface area contributed by atoms with E-state index in [1.165, 1.54) is 17.4 Å². The highest BCUT2D eigenvalue weighted by Gasteiger charge is 2.29. The number of anilines is 1. The normalized spacial score (nSPS) is 17.4. The van der Waals surface area contributed by atoms with E-state index in [0.717, 1.165) is 22.2 Å². The highest BCUT2D eigenvalue weighted by Crippen LogP contribution is 2.32. The highest BCUT2D eigenvalue weighted by atomic mass is 32.1. The van der Waals surface area contributed by atoms with E-state index >= 15 is 0 Å². The van der Waals surface area contributed by atoms with Crippen LogP contribution in [-0.4, -0.2) is 28.9 Å². The van der Waals surface area contributed by atoms with Crippen molar-refractivity contribution in [3.8, 4) is 0 Å². The van der Waals surface area contributed by atoms with Crippen molar-refractivity contribution in [2.45, 2.75) is 19.3 Å². The van der Waals surface area contributed by atoms with Crippen LogP contribution in [0, 0.1) is 12.7 Å². The van der Waals surface area contributed by atoms with E-state index in [9.17, 15) is 9.18 Å². The number of aryl methyl sites for hydroxylation is 1. The summed E-state index contributed by atoms with van der Waals surface area (Å²) in [5.74, 6) is -0.163. The largest absolute Gasteiger partial charge is 0.375 e. The van der Waals surface area contributed by atoms with E-state index in [4.69, 9.17) is 5.73 Å². The topological polar surface area (TPSA) is 59.2 Å². The molecule has 6 heteroatoms. The number of fused-ring (bicyclic) bond motifs is 1. The molecular weight excluding hydrogens is 337 g/mol. The number of hydrogen-bond donors (Lipinski definition) is 1. The Kier molecular flexibility index (Phi) is 3.92. The van der Waals surface area contributed by atoms with Crippen LogP contribution in [0.5, 0.6) is 0 Å². The maximum Gasteiger partial charge on any atom is 0.253 e. The fourth-order valence-electron chi connectivity index (χ4n) is 3.52. The predicted molar refractivity (Wildman–Crippen MR) is 98.4 cm³/mol. The van der Waals surface area contributed by atoms with Crippen molar-refractivity contribution in [1.29, 1.82) is 0 Å². The first-order valence-electron chi connectivity index (χ1n) is 8.23. The van der Waals surface area contributed by atoms with Crippen LogP contribution in [0.4, 0.5) is 9.52 Å². The number of rotatable bonds is 2. The summed E-state index contributed by atoms with van der Waals surface area (Å²) in [7, 11) is 0. The predicted octanol–water partition coefficient (Wildman–Crippen LogP) is 3.96. The summed E-state index contributed by atoms with van der Waals surface area (Å²) >= 11 is 1.39. The van der Waals surface area contributed by atoms with Gasteiger partial charge < -0.3 is 10.6 Å². The van der Waals surface area contributed by atoms with Crippen LogP contribution >= 0.6 is 11.3 Å². The molecule has 0 aliphatic carbocycles. The minimum Gasteiger partial charge on any atom is -0.375 e. The van der Waals surface area contributed by atoms with Gasteiger partial charge in [-0.2, -0.15) is 0 Å². The summed E-state index contributed by atoms with van der Waals surface area (Å²) in [6, 6.07) is 10.5. The van der Waals surface area contributed by atoms with Crippen LogP contribution in [0.2, 0.25) is 0 Å². The van der Waals surface area contributed by atoms with Crippen LogP contribution in [0.25, 0.3) is 10.2 Å². The van der Waals surface area contributed by atoms with Gasteiger partial charge in [0.1, 0.15) is 5.82 Å². The second-order valence-electron chi connectivity index (χ2n) is 6.45. The van der Waals surface area contributed by atoms with Crippen LogP contribution in [0.3, 0.4) is 0 Å². The molecule has 0 saturated carbocycles. The van der Waals surface area contributed by atoms with E-state index in [0.29, 0.717) is 29.3 Å². The standard InChI is InChI=1S/C19H18FN3OS/c1-11-8-13(9-16-17(11)22-19(21)25-16)18(24)23-7-6-12(10-23)14-4-2-3-5-15(14)20/h2-5,8-9,12H,6-7,10H2,1H3,(H2,21,22). The Morgan fingerprint density at radius 3 is 2.96 bits per heavy atom. The lowest BCUT2D eigenvalue weighted by Crippen LogP contribution is -2.28. The van der Waals surface area contributed by atoms with E-state index in [1.54, 1.807) is 6.07 Å². The monoisotopic (exact) mass is 355 g/mol. The molecule has 1 unspecified atom stereocenters. The molecule has 3 aromatic rings. The number of nitrogens with two attached hydrogens (primary N) is 1. The van der Waals surface area contributed by atoms with Gasteiger partial charge >= 0.3 is 0 Å². The van der Waals surface area contributed by atoms with Gasteiger partial charge in [-0.25, -0.2) is 9.37 Å². The number of nitrogen functional groups attached to an aromatic ring is 1. The number of likely N-dealkylation sites (tertiary alicyclic amines) is 1. The zero-order valence-electron chi connectivity index (χ0n) is 13.8. The summed E-state index contributed by atoms with van der Waals surface area (Å²) in [6.45, 7) is 3.12. The first kappa shape index (κ1) is 16.0. The Bertz CT molecular complexity index is 968. The van der Waals surface area contributed by atoms with Crippen molar-refractivity contribution in [2.75, 3.05) is 18.8 Å². The number of nitrogens with zero attached hydrogens (tertiary/aromatic N) is 2. The molecule has 1 aliphatic rings. The van der Waals surface area contributed by atoms with Crippen molar-refractivity contribution in [1.82, 2.24) is 9.88 Å². The van der Waals surface area contributed by atoms with Gasteiger partial charge in [-0.3, -0.25) is 4.79 Å². The minimum atomic E-state index is -0.195. The van der Waals surface area contributed by atoms with Crippen molar-refractivity contribution in [3.63, 3.8) is 0 Å². The first-order chi connectivity index (χ1) is 12.0. The lowest BCUT2D eigenvalue weighted by Gasteiger charge is -2.17. The first-order valence-corrected chi connectivity index (χ1v) is 9.05. The summed E-state index contributed by atoms with van der Waals surface area (Å²) in [6.07, 6.45) is 0.779. The molecule has 1 fully saturated rings. The quantitative estimate of drug-likeness (QED) is 0.757. The van der Waals surface area contributed by atoms with E-state index < -0.39 is 0 Å². The molecule has 1 saturated heterocycles. The SMILES string of the molecule is Cc1cc(C(=O)N2CCC(c3ccccc3F)C2)cc2sc(N)nc12. The summed E-state index contributed by atoms with van der Waals surface area (Å²) < 4.78 is 14.9. The lowest BCUT2D eigenvalue weighted by molar-refractivity contribution is 0.0790. The molecule has 2 aromatic carbocycles. The van der Waals surface area contributed by atoms with Gasteiger partial charge in [0.15, 0.2) is 5.13 Å². The number of amides is 1. The Hall–Kier alpha value is -2.47. The van der Waals surface area contributed by atoms with E-state index in [-0.39, 0.29) is 17.6 Å². The van der Waals surface area contributed by atoms with E-state index in [1.807, 2.05) is 36.1 Å². The Labute approximate surface area is 149 Å².